The molecule has 0 spiro atoms. The van der Waals surface area contributed by atoms with Crippen molar-refractivity contribution >= 4 is 10.9 Å². The molecule has 2 N–H and O–H groups in total. The second kappa shape index (κ2) is 8.41. The summed E-state index contributed by atoms with van der Waals surface area (Å²) in [6.07, 6.45) is 1.29. The third-order valence-electron chi connectivity index (χ3n) is 4.70. The molecule has 0 radical (unpaired) electrons. The van der Waals surface area contributed by atoms with E-state index in [0.29, 0.717) is 5.56 Å². The molecule has 2 aromatic heterocycles. The molecule has 6 heteroatoms. The van der Waals surface area contributed by atoms with Crippen molar-refractivity contribution in [3.05, 3.63) is 53.9 Å². The largest absolute Gasteiger partial charge is 0.477 e. The van der Waals surface area contributed by atoms with Crippen LogP contribution in [0.1, 0.15) is 44.7 Å². The van der Waals surface area contributed by atoms with Crippen LogP contribution >= 0.6 is 0 Å². The van der Waals surface area contributed by atoms with E-state index in [0.717, 1.165) is 28.5 Å². The zero-order valence-corrected chi connectivity index (χ0v) is 17.2. The summed E-state index contributed by atoms with van der Waals surface area (Å²) in [7, 11) is 0. The minimum Gasteiger partial charge on any atom is -0.477 e. The molecule has 0 saturated heterocycles. The number of hydrogen-bond donors (Lipinski definition) is 1. The summed E-state index contributed by atoms with van der Waals surface area (Å²) in [6, 6.07) is 9.18. The lowest BCUT2D eigenvalue weighted by molar-refractivity contribution is 0.140. The normalized spacial score (nSPS) is 13.1. The van der Waals surface area contributed by atoms with Crippen LogP contribution < -0.4 is 10.5 Å². The van der Waals surface area contributed by atoms with Crippen molar-refractivity contribution in [1.82, 2.24) is 9.97 Å². The smallest absolute Gasteiger partial charge is 0.269 e. The van der Waals surface area contributed by atoms with E-state index in [-0.39, 0.29) is 29.5 Å². The fourth-order valence-electron chi connectivity index (χ4n) is 3.58. The zero-order valence-electron chi connectivity index (χ0n) is 17.2. The number of ether oxygens (including phenoxy) is 1. The van der Waals surface area contributed by atoms with E-state index in [1.165, 1.54) is 6.07 Å². The molecule has 4 nitrogen and oxygen atoms in total. The van der Waals surface area contributed by atoms with Gasteiger partial charge in [-0.3, -0.25) is 4.98 Å². The number of pyridine rings is 2. The van der Waals surface area contributed by atoms with Crippen LogP contribution in [0.3, 0.4) is 0 Å². The average molecular weight is 399 g/mol. The molecule has 3 aromatic rings. The maximum Gasteiger partial charge on any atom is 0.269 e. The van der Waals surface area contributed by atoms with E-state index in [1.54, 1.807) is 12.4 Å². The number of benzene rings is 1. The fraction of sp³-hybridized carbons (Fsp3) is 0.391. The van der Waals surface area contributed by atoms with Crippen LogP contribution in [0.4, 0.5) is 8.78 Å². The van der Waals surface area contributed by atoms with E-state index in [2.05, 4.69) is 9.97 Å². The second-order valence-corrected chi connectivity index (χ2v) is 8.41. The third-order valence-corrected chi connectivity index (χ3v) is 4.70. The van der Waals surface area contributed by atoms with E-state index < -0.39 is 6.43 Å². The van der Waals surface area contributed by atoms with Crippen LogP contribution in [-0.2, 0) is 0 Å². The molecule has 0 aliphatic heterocycles. The molecule has 0 amide bonds. The highest BCUT2D eigenvalue weighted by Gasteiger charge is 2.20. The molecule has 1 unspecified atom stereocenters. The van der Waals surface area contributed by atoms with Crippen LogP contribution in [0, 0.1) is 12.8 Å². The Morgan fingerprint density at radius 1 is 1.14 bits per heavy atom. The van der Waals surface area contributed by atoms with Crippen LogP contribution in [0.2, 0.25) is 0 Å². The quantitative estimate of drug-likeness (QED) is 0.555. The van der Waals surface area contributed by atoms with Gasteiger partial charge < -0.3 is 10.5 Å². The number of nitrogens with two attached hydrogens (primary N) is 1. The average Bonchev–Trinajstić information content (AvgIpc) is 2.64. The molecule has 0 aliphatic rings. The monoisotopic (exact) mass is 399 g/mol. The predicted molar refractivity (Wildman–Crippen MR) is 112 cm³/mol. The number of aromatic nitrogens is 2. The van der Waals surface area contributed by atoms with Gasteiger partial charge >= 0.3 is 0 Å². The minimum atomic E-state index is -2.69. The van der Waals surface area contributed by atoms with Crippen molar-refractivity contribution < 1.29 is 13.5 Å². The fourth-order valence-corrected chi connectivity index (χ4v) is 3.58. The molecule has 154 valence electrons. The van der Waals surface area contributed by atoms with Crippen molar-refractivity contribution in [2.75, 3.05) is 6.61 Å². The predicted octanol–water partition coefficient (Wildman–Crippen LogP) is 5.69. The third kappa shape index (κ3) is 5.26. The summed E-state index contributed by atoms with van der Waals surface area (Å²) in [5.41, 5.74) is 8.81. The first kappa shape index (κ1) is 21.1. The van der Waals surface area contributed by atoms with E-state index in [1.807, 2.05) is 52.0 Å². The van der Waals surface area contributed by atoms with E-state index in [9.17, 15) is 8.78 Å². The number of aryl methyl sites for hydroxylation is 1. The standard InChI is InChI=1S/C23H27F2N3O/c1-14-5-6-18-17(7-8-27-20(18)9-14)16-10-19(21(24)25)22(28-12-16)29-13-15(2)11-23(3,4)26/h5-10,12,15,21H,11,13,26H2,1-4H3. The maximum atomic E-state index is 13.7. The van der Waals surface area contributed by atoms with Crippen LogP contribution in [0.15, 0.2) is 42.7 Å². The van der Waals surface area contributed by atoms with Crippen LogP contribution in [0.25, 0.3) is 22.0 Å². The molecule has 29 heavy (non-hydrogen) atoms. The molecule has 3 rings (SSSR count). The van der Waals surface area contributed by atoms with Gasteiger partial charge in [0.2, 0.25) is 5.88 Å². The van der Waals surface area contributed by atoms with Crippen molar-refractivity contribution in [1.29, 1.82) is 0 Å². The van der Waals surface area contributed by atoms with E-state index >= 15 is 0 Å². The number of halogens is 2. The zero-order chi connectivity index (χ0) is 21.2. The van der Waals surface area contributed by atoms with Gasteiger partial charge in [-0.15, -0.1) is 0 Å². The highest BCUT2D eigenvalue weighted by molar-refractivity contribution is 5.94. The molecule has 0 bridgehead atoms. The van der Waals surface area contributed by atoms with Gasteiger partial charge in [-0.1, -0.05) is 19.1 Å². The van der Waals surface area contributed by atoms with Crippen LogP contribution in [0.5, 0.6) is 5.88 Å². The van der Waals surface area contributed by atoms with Gasteiger partial charge in [-0.2, -0.15) is 0 Å². The Bertz CT molecular complexity index is 999. The maximum absolute atomic E-state index is 13.7. The van der Waals surface area contributed by atoms with Gasteiger partial charge in [0.05, 0.1) is 17.7 Å². The Labute approximate surface area is 170 Å². The van der Waals surface area contributed by atoms with Crippen LogP contribution in [-0.4, -0.2) is 22.1 Å². The first-order valence-corrected chi connectivity index (χ1v) is 9.69. The first-order valence-electron chi connectivity index (χ1n) is 9.69. The Balaban J connectivity index is 1.91. The molecule has 0 saturated carbocycles. The molecule has 1 aromatic carbocycles. The molecular formula is C23H27F2N3O. The minimum absolute atomic E-state index is 0.0281. The lowest BCUT2D eigenvalue weighted by Gasteiger charge is -2.23. The lowest BCUT2D eigenvalue weighted by atomic mass is 9.93. The highest BCUT2D eigenvalue weighted by Crippen LogP contribution is 2.34. The van der Waals surface area contributed by atoms with Gasteiger partial charge in [-0.25, -0.2) is 13.8 Å². The lowest BCUT2D eigenvalue weighted by Crippen LogP contribution is -2.35. The number of hydrogen-bond acceptors (Lipinski definition) is 4. The van der Waals surface area contributed by atoms with Crippen molar-refractivity contribution in [2.45, 2.75) is 46.1 Å². The summed E-state index contributed by atoms with van der Waals surface area (Å²) in [4.78, 5) is 8.59. The van der Waals surface area contributed by atoms with Gasteiger partial charge in [0.1, 0.15) is 0 Å². The van der Waals surface area contributed by atoms with Crippen molar-refractivity contribution in [3.8, 4) is 17.0 Å². The Morgan fingerprint density at radius 2 is 1.90 bits per heavy atom. The van der Waals surface area contributed by atoms with Gasteiger partial charge in [0.25, 0.3) is 6.43 Å². The number of nitrogens with zero attached hydrogens (tertiary/aromatic N) is 2. The Morgan fingerprint density at radius 3 is 2.59 bits per heavy atom. The second-order valence-electron chi connectivity index (χ2n) is 8.41. The van der Waals surface area contributed by atoms with Crippen molar-refractivity contribution in [2.24, 2.45) is 11.7 Å². The first-order chi connectivity index (χ1) is 13.6. The number of alkyl halides is 2. The molecule has 2 heterocycles. The van der Waals surface area contributed by atoms with E-state index in [4.69, 9.17) is 10.5 Å². The topological polar surface area (TPSA) is 61.0 Å². The molecular weight excluding hydrogens is 372 g/mol. The number of rotatable bonds is 7. The Hall–Kier alpha value is -2.60. The summed E-state index contributed by atoms with van der Waals surface area (Å²) >= 11 is 0. The highest BCUT2D eigenvalue weighted by atomic mass is 19.3. The molecule has 0 aliphatic carbocycles. The summed E-state index contributed by atoms with van der Waals surface area (Å²) in [6.45, 7) is 8.12. The molecule has 1 atom stereocenters. The Kier molecular flexibility index (Phi) is 6.13. The SMILES string of the molecule is Cc1ccc2c(-c3cnc(OCC(C)CC(C)(C)N)c(C(F)F)c3)ccnc2c1. The van der Waals surface area contributed by atoms with Gasteiger partial charge in [-0.05, 0) is 62.4 Å². The van der Waals surface area contributed by atoms with Crippen molar-refractivity contribution in [3.63, 3.8) is 0 Å². The summed E-state index contributed by atoms with van der Waals surface area (Å²) < 4.78 is 33.1. The number of fused-ring (bicyclic) bond motifs is 1. The van der Waals surface area contributed by atoms with Gasteiger partial charge in [0, 0.05) is 28.9 Å². The summed E-state index contributed by atoms with van der Waals surface area (Å²) in [5, 5.41) is 0.896. The summed E-state index contributed by atoms with van der Waals surface area (Å²) in [5.74, 6) is 0.0917. The van der Waals surface area contributed by atoms with Gasteiger partial charge in [0.15, 0.2) is 0 Å². The molecule has 0 fully saturated rings.